The number of hydrogen-bond donors (Lipinski definition) is 2. The maximum atomic E-state index is 10.2. The summed E-state index contributed by atoms with van der Waals surface area (Å²) in [6.45, 7) is 1.90. The molecule has 2 N–H and O–H groups in total. The molecule has 0 amide bonds. The predicted molar refractivity (Wildman–Crippen MR) is 55.0 cm³/mol. The second-order valence-electron chi connectivity index (χ2n) is 2.56. The zero-order valence-corrected chi connectivity index (χ0v) is 8.75. The van der Waals surface area contributed by atoms with Crippen molar-refractivity contribution in [3.8, 4) is 0 Å². The molecule has 1 rings (SSSR count). The Bertz CT molecular complexity index is 314. The SMILES string of the molecule is CCC(=[NH+]Nc1ccccc1)OP=O. The monoisotopic (exact) mass is 211 g/mol. The van der Waals surface area contributed by atoms with Crippen LogP contribution in [0.4, 0.5) is 5.69 Å². The molecule has 5 heteroatoms. The van der Waals surface area contributed by atoms with Gasteiger partial charge in [0.2, 0.25) is 0 Å². The fourth-order valence-electron chi connectivity index (χ4n) is 0.884. The molecule has 1 aromatic carbocycles. The number of hydrogen-bond acceptors (Lipinski definition) is 3. The van der Waals surface area contributed by atoms with Crippen LogP contribution in [0.1, 0.15) is 13.3 Å². The first kappa shape index (κ1) is 10.7. The van der Waals surface area contributed by atoms with E-state index in [0.717, 1.165) is 5.69 Å². The van der Waals surface area contributed by atoms with Crippen molar-refractivity contribution in [1.29, 1.82) is 0 Å². The molecule has 0 unspecified atom stereocenters. The van der Waals surface area contributed by atoms with Crippen LogP contribution in [-0.2, 0) is 9.09 Å². The van der Waals surface area contributed by atoms with Crippen LogP contribution in [0.3, 0.4) is 0 Å². The van der Waals surface area contributed by atoms with E-state index in [1.165, 1.54) is 0 Å². The number of para-hydroxylation sites is 1. The van der Waals surface area contributed by atoms with Crippen molar-refractivity contribution in [1.82, 2.24) is 0 Å². The lowest BCUT2D eigenvalue weighted by Crippen LogP contribution is -2.77. The molecule has 1 aromatic rings. The smallest absolute Gasteiger partial charge is 0.352 e. The molecule has 0 aromatic heterocycles. The van der Waals surface area contributed by atoms with Crippen LogP contribution in [-0.4, -0.2) is 5.90 Å². The molecule has 0 spiro atoms. The summed E-state index contributed by atoms with van der Waals surface area (Å²) >= 11 is 0. The third-order valence-corrected chi connectivity index (χ3v) is 1.88. The molecule has 0 saturated heterocycles. The van der Waals surface area contributed by atoms with Gasteiger partial charge in [0.05, 0.1) is 12.1 Å². The standard InChI is InChI=1S/C9H11N2O2P/c1-2-9(13-14-12)11-10-8-6-4-3-5-7-8/h3-7,10H,2H2,1H3/p+1. The molecule has 14 heavy (non-hydrogen) atoms. The fraction of sp³-hybridized carbons (Fsp3) is 0.222. The Hall–Kier alpha value is -1.41. The molecule has 0 bridgehead atoms. The summed E-state index contributed by atoms with van der Waals surface area (Å²) in [5.41, 5.74) is 3.85. The molecule has 0 fully saturated rings. The van der Waals surface area contributed by atoms with Gasteiger partial charge in [-0.3, -0.25) is 0 Å². The number of hydrazone groups is 1. The van der Waals surface area contributed by atoms with Crippen LogP contribution in [0.25, 0.3) is 0 Å². The normalized spacial score (nSPS) is 11.4. The van der Waals surface area contributed by atoms with Gasteiger partial charge in [0.1, 0.15) is 0 Å². The van der Waals surface area contributed by atoms with Crippen molar-refractivity contribution in [2.45, 2.75) is 13.3 Å². The van der Waals surface area contributed by atoms with Crippen molar-refractivity contribution in [3.05, 3.63) is 30.3 Å². The lowest BCUT2D eigenvalue weighted by Gasteiger charge is -1.95. The second-order valence-corrected chi connectivity index (χ2v) is 2.89. The van der Waals surface area contributed by atoms with Gasteiger partial charge in [-0.2, -0.15) is 5.43 Å². The van der Waals surface area contributed by atoms with Crippen LogP contribution in [0.2, 0.25) is 0 Å². The zero-order chi connectivity index (χ0) is 10.2. The highest BCUT2D eigenvalue weighted by Gasteiger charge is 2.03. The molecule has 0 radical (unpaired) electrons. The first-order chi connectivity index (χ1) is 6.86. The molecular weight excluding hydrogens is 199 g/mol. The highest BCUT2D eigenvalue weighted by molar-refractivity contribution is 7.18. The topological polar surface area (TPSA) is 52.3 Å². The van der Waals surface area contributed by atoms with Crippen molar-refractivity contribution >= 4 is 20.3 Å². The van der Waals surface area contributed by atoms with Gasteiger partial charge < -0.3 is 4.52 Å². The summed E-state index contributed by atoms with van der Waals surface area (Å²) < 4.78 is 14.9. The Labute approximate surface area is 84.3 Å². The molecule has 0 atom stereocenters. The third-order valence-electron chi connectivity index (χ3n) is 1.59. The van der Waals surface area contributed by atoms with E-state index in [4.69, 9.17) is 4.52 Å². The van der Waals surface area contributed by atoms with Crippen molar-refractivity contribution < 1.29 is 14.2 Å². The average Bonchev–Trinajstić information content (AvgIpc) is 2.25. The summed E-state index contributed by atoms with van der Waals surface area (Å²) in [5.74, 6) is 0.533. The third kappa shape index (κ3) is 3.54. The lowest BCUT2D eigenvalue weighted by atomic mass is 10.3. The first-order valence-electron chi connectivity index (χ1n) is 4.29. The first-order valence-corrected chi connectivity index (χ1v) is 5.02. The lowest BCUT2D eigenvalue weighted by molar-refractivity contribution is -0.429. The van der Waals surface area contributed by atoms with Gasteiger partial charge in [-0.15, -0.1) is 0 Å². The minimum absolute atomic E-state index is 0.349. The van der Waals surface area contributed by atoms with Crippen LogP contribution in [0, 0.1) is 0 Å². The average molecular weight is 211 g/mol. The molecule has 0 saturated carbocycles. The van der Waals surface area contributed by atoms with E-state index < -0.39 is 0 Å². The Morgan fingerprint density at radius 1 is 1.50 bits per heavy atom. The van der Waals surface area contributed by atoms with Crippen molar-refractivity contribution in [3.63, 3.8) is 0 Å². The summed E-state index contributed by atoms with van der Waals surface area (Å²) in [7, 11) is -0.349. The van der Waals surface area contributed by atoms with Crippen molar-refractivity contribution in [2.24, 2.45) is 0 Å². The van der Waals surface area contributed by atoms with Crippen LogP contribution in [0.15, 0.2) is 30.3 Å². The van der Waals surface area contributed by atoms with Gasteiger partial charge in [-0.05, 0) is 12.1 Å². The number of benzene rings is 1. The van der Waals surface area contributed by atoms with Gasteiger partial charge in [0.15, 0.2) is 0 Å². The Balaban J connectivity index is 2.56. The summed E-state index contributed by atoms with van der Waals surface area (Å²) in [5, 5.41) is 2.82. The van der Waals surface area contributed by atoms with E-state index >= 15 is 0 Å². The van der Waals surface area contributed by atoms with E-state index in [9.17, 15) is 4.57 Å². The Morgan fingerprint density at radius 2 is 2.21 bits per heavy atom. The van der Waals surface area contributed by atoms with E-state index in [-0.39, 0.29) is 8.69 Å². The predicted octanol–water partition coefficient (Wildman–Crippen LogP) is 1.13. The van der Waals surface area contributed by atoms with Crippen LogP contribution in [0.5, 0.6) is 0 Å². The van der Waals surface area contributed by atoms with E-state index in [2.05, 4.69) is 10.5 Å². The van der Waals surface area contributed by atoms with E-state index in [0.29, 0.717) is 12.3 Å². The van der Waals surface area contributed by atoms with Gasteiger partial charge in [-0.25, -0.2) is 4.57 Å². The number of hydrazine groups is 1. The second kappa shape index (κ2) is 6.11. The van der Waals surface area contributed by atoms with Gasteiger partial charge in [-0.1, -0.05) is 30.2 Å². The Morgan fingerprint density at radius 3 is 2.79 bits per heavy atom. The van der Waals surface area contributed by atoms with Gasteiger partial charge in [0, 0.05) is 0 Å². The molecule has 74 valence electrons. The van der Waals surface area contributed by atoms with Crippen LogP contribution < -0.4 is 10.5 Å². The van der Waals surface area contributed by atoms with E-state index in [1.54, 1.807) is 0 Å². The molecule has 0 aliphatic rings. The maximum absolute atomic E-state index is 10.2. The highest BCUT2D eigenvalue weighted by Crippen LogP contribution is 2.00. The summed E-state index contributed by atoms with van der Waals surface area (Å²) in [6.07, 6.45) is 0.648. The molecule has 0 aliphatic carbocycles. The van der Waals surface area contributed by atoms with Gasteiger partial charge in [0.25, 0.3) is 0 Å². The highest BCUT2D eigenvalue weighted by atomic mass is 31.1. The van der Waals surface area contributed by atoms with Crippen LogP contribution >= 0.6 is 8.69 Å². The minimum Gasteiger partial charge on any atom is -0.352 e. The molecule has 0 aliphatic heterocycles. The van der Waals surface area contributed by atoms with Gasteiger partial charge >= 0.3 is 14.6 Å². The number of anilines is 1. The largest absolute Gasteiger partial charge is 0.400 e. The number of nitrogens with one attached hydrogen (secondary N) is 2. The minimum atomic E-state index is -0.349. The number of rotatable bonds is 4. The Kier molecular flexibility index (Phi) is 4.65. The summed E-state index contributed by atoms with van der Waals surface area (Å²) in [6, 6.07) is 9.59. The molecule has 0 heterocycles. The maximum Gasteiger partial charge on any atom is 0.400 e. The molecule has 4 nitrogen and oxygen atoms in total. The van der Waals surface area contributed by atoms with Crippen molar-refractivity contribution in [2.75, 3.05) is 5.43 Å². The summed E-state index contributed by atoms with van der Waals surface area (Å²) in [4.78, 5) is 0. The zero-order valence-electron chi connectivity index (χ0n) is 7.86. The molecular formula is C9H12N2O2P+. The fourth-order valence-corrected chi connectivity index (χ4v) is 1.15. The quantitative estimate of drug-likeness (QED) is 0.339. The van der Waals surface area contributed by atoms with E-state index in [1.807, 2.05) is 37.3 Å².